The van der Waals surface area contributed by atoms with Crippen molar-refractivity contribution in [2.24, 2.45) is 9.98 Å². The molecule has 5 heterocycles. The van der Waals surface area contributed by atoms with Crippen molar-refractivity contribution in [3.63, 3.8) is 0 Å². The molecule has 0 saturated carbocycles. The Morgan fingerprint density at radius 2 is 1.72 bits per heavy atom. The standard InChI is InChI=1S/C23H17N5O/c1-2-23(29)28-22-13-20-11-18-6-5-16(25-18)9-14-3-4-15(24-14)10-17-7-8-19(26-17)12-21(22)27-20/h2-13,25-27H,1H2. The number of hydrogen-bond acceptors (Lipinski definition) is 3. The van der Waals surface area contributed by atoms with Gasteiger partial charge in [-0.3, -0.25) is 4.79 Å². The van der Waals surface area contributed by atoms with Gasteiger partial charge < -0.3 is 15.3 Å². The predicted molar refractivity (Wildman–Crippen MR) is 116 cm³/mol. The van der Waals surface area contributed by atoms with Crippen LogP contribution in [-0.2, 0) is 4.79 Å². The van der Waals surface area contributed by atoms with Gasteiger partial charge in [-0.2, -0.15) is 0 Å². The van der Waals surface area contributed by atoms with Crippen molar-refractivity contribution in [1.82, 2.24) is 15.3 Å². The number of amides is 1. The Bertz CT molecular complexity index is 1350. The van der Waals surface area contributed by atoms with Gasteiger partial charge in [-0.05, 0) is 72.9 Å². The second kappa shape index (κ2) is 6.76. The Morgan fingerprint density at radius 1 is 0.931 bits per heavy atom. The highest BCUT2D eigenvalue weighted by atomic mass is 16.1. The zero-order chi connectivity index (χ0) is 19.8. The summed E-state index contributed by atoms with van der Waals surface area (Å²) in [6, 6.07) is 7.95. The average Bonchev–Trinajstić information content (AvgIpc) is 3.47. The first-order valence-corrected chi connectivity index (χ1v) is 9.16. The molecule has 29 heavy (non-hydrogen) atoms. The Kier molecular flexibility index (Phi) is 3.95. The number of nitrogens with zero attached hydrogens (tertiary/aromatic N) is 2. The molecule has 0 atom stereocenters. The second-order valence-electron chi connectivity index (χ2n) is 6.79. The van der Waals surface area contributed by atoms with Gasteiger partial charge in [-0.1, -0.05) is 6.58 Å². The number of aromatic nitrogens is 2. The molecule has 8 bridgehead atoms. The molecule has 0 spiro atoms. The van der Waals surface area contributed by atoms with E-state index in [4.69, 9.17) is 0 Å². The molecule has 0 radical (unpaired) electrons. The summed E-state index contributed by atoms with van der Waals surface area (Å²) in [5.41, 5.74) is 5.73. The first-order valence-electron chi connectivity index (χ1n) is 9.16. The van der Waals surface area contributed by atoms with Crippen LogP contribution in [0.4, 0.5) is 0 Å². The first-order chi connectivity index (χ1) is 14.1. The molecule has 3 N–H and O–H groups in total. The monoisotopic (exact) mass is 379 g/mol. The zero-order valence-corrected chi connectivity index (χ0v) is 15.4. The molecule has 5 rings (SSSR count). The fourth-order valence-electron chi connectivity index (χ4n) is 3.32. The van der Waals surface area contributed by atoms with Crippen LogP contribution in [0.3, 0.4) is 0 Å². The number of fused-ring (bicyclic) bond motifs is 7. The van der Waals surface area contributed by atoms with Crippen LogP contribution < -0.4 is 16.0 Å². The zero-order valence-electron chi connectivity index (χ0n) is 15.4. The minimum Gasteiger partial charge on any atom is -0.355 e. The molecular weight excluding hydrogens is 362 g/mol. The normalized spacial score (nSPS) is 18.1. The molecule has 1 amide bonds. The second-order valence-corrected chi connectivity index (χ2v) is 6.79. The van der Waals surface area contributed by atoms with E-state index in [9.17, 15) is 4.79 Å². The van der Waals surface area contributed by atoms with Crippen molar-refractivity contribution in [3.05, 3.63) is 94.3 Å². The number of allylic oxidation sites excluding steroid dienone is 4. The number of aromatic amines is 2. The van der Waals surface area contributed by atoms with Crippen LogP contribution in [0.15, 0.2) is 82.2 Å². The lowest BCUT2D eigenvalue weighted by atomic mass is 10.2. The number of hydrogen-bond donors (Lipinski definition) is 3. The topological polar surface area (TPSA) is 85.4 Å². The largest absolute Gasteiger partial charge is 0.355 e. The van der Waals surface area contributed by atoms with E-state index >= 15 is 0 Å². The van der Waals surface area contributed by atoms with Crippen LogP contribution in [0, 0.1) is 0 Å². The molecule has 6 heteroatoms. The van der Waals surface area contributed by atoms with Gasteiger partial charge in [0.1, 0.15) is 0 Å². The molecule has 0 aliphatic carbocycles. The third kappa shape index (κ3) is 3.51. The molecule has 0 aromatic carbocycles. The molecule has 3 aliphatic rings. The molecule has 0 fully saturated rings. The number of H-pyrrole nitrogens is 2. The summed E-state index contributed by atoms with van der Waals surface area (Å²) >= 11 is 0. The number of nitrogens with one attached hydrogen (secondary N) is 3. The SMILES string of the molecule is C=CC(=O)N=C1C=C2C=c3ccc([nH]3)=CC3=NC(=Cc4ccc([nH]4)C=C1N2)C=C3. The van der Waals surface area contributed by atoms with E-state index in [1.54, 1.807) is 0 Å². The maximum atomic E-state index is 11.8. The van der Waals surface area contributed by atoms with Gasteiger partial charge in [-0.15, -0.1) is 0 Å². The van der Waals surface area contributed by atoms with E-state index in [2.05, 4.69) is 31.8 Å². The van der Waals surface area contributed by atoms with E-state index in [1.165, 1.54) is 6.08 Å². The van der Waals surface area contributed by atoms with Gasteiger partial charge in [0.05, 0.1) is 22.8 Å². The van der Waals surface area contributed by atoms with E-state index in [-0.39, 0.29) is 5.91 Å². The average molecular weight is 379 g/mol. The summed E-state index contributed by atoms with van der Waals surface area (Å²) < 4.78 is 0. The van der Waals surface area contributed by atoms with E-state index in [0.717, 1.165) is 44.9 Å². The lowest BCUT2D eigenvalue weighted by Crippen LogP contribution is -2.14. The smallest absolute Gasteiger partial charge is 0.269 e. The highest BCUT2D eigenvalue weighted by Gasteiger charge is 2.16. The summed E-state index contributed by atoms with van der Waals surface area (Å²) in [5, 5.41) is 5.22. The van der Waals surface area contributed by atoms with E-state index < -0.39 is 0 Å². The minimum absolute atomic E-state index is 0.383. The fraction of sp³-hybridized carbons (Fsp3) is 0. The molecular formula is C23H17N5O. The summed E-state index contributed by atoms with van der Waals surface area (Å²) in [6.07, 6.45) is 14.9. The number of rotatable bonds is 1. The van der Waals surface area contributed by atoms with Crippen molar-refractivity contribution in [2.75, 3.05) is 0 Å². The van der Waals surface area contributed by atoms with Gasteiger partial charge in [0.15, 0.2) is 0 Å². The predicted octanol–water partition coefficient (Wildman–Crippen LogP) is 1.95. The molecule has 140 valence electrons. The quantitative estimate of drug-likeness (QED) is 0.662. The fourth-order valence-corrected chi connectivity index (χ4v) is 3.32. The van der Waals surface area contributed by atoms with Crippen LogP contribution in [-0.4, -0.2) is 27.3 Å². The van der Waals surface area contributed by atoms with Crippen molar-refractivity contribution in [2.45, 2.75) is 0 Å². The molecule has 2 aromatic rings. The Labute approximate surface area is 166 Å². The number of carbonyl (C=O) groups excluding carboxylic acids is 1. The van der Waals surface area contributed by atoms with Gasteiger partial charge >= 0.3 is 0 Å². The Balaban J connectivity index is 1.69. The van der Waals surface area contributed by atoms with Crippen molar-refractivity contribution >= 4 is 41.6 Å². The van der Waals surface area contributed by atoms with Gasteiger partial charge in [0, 0.05) is 27.8 Å². The molecule has 3 aliphatic heterocycles. The van der Waals surface area contributed by atoms with Crippen LogP contribution in [0.1, 0.15) is 11.4 Å². The van der Waals surface area contributed by atoms with Gasteiger partial charge in [0.2, 0.25) is 0 Å². The maximum absolute atomic E-state index is 11.8. The summed E-state index contributed by atoms with van der Waals surface area (Å²) in [7, 11) is 0. The highest BCUT2D eigenvalue weighted by molar-refractivity contribution is 6.20. The van der Waals surface area contributed by atoms with Crippen LogP contribution in [0.2, 0.25) is 0 Å². The van der Waals surface area contributed by atoms with Gasteiger partial charge in [-0.25, -0.2) is 9.98 Å². The highest BCUT2D eigenvalue weighted by Crippen LogP contribution is 2.18. The maximum Gasteiger partial charge on any atom is 0.269 e. The van der Waals surface area contributed by atoms with Crippen molar-refractivity contribution in [3.8, 4) is 0 Å². The van der Waals surface area contributed by atoms with Gasteiger partial charge in [0.25, 0.3) is 5.91 Å². The minimum atomic E-state index is -0.383. The number of aliphatic imine (C=N–C) groups is 2. The summed E-state index contributed by atoms with van der Waals surface area (Å²) in [5.74, 6) is -0.383. The molecule has 6 nitrogen and oxygen atoms in total. The third-order valence-corrected chi connectivity index (χ3v) is 4.62. The summed E-state index contributed by atoms with van der Waals surface area (Å²) in [4.78, 5) is 27.3. The molecule has 0 saturated heterocycles. The third-order valence-electron chi connectivity index (χ3n) is 4.62. The van der Waals surface area contributed by atoms with Crippen LogP contribution in [0.25, 0.3) is 24.3 Å². The summed E-state index contributed by atoms with van der Waals surface area (Å²) in [6.45, 7) is 3.50. The Hall–Kier alpha value is -4.19. The van der Waals surface area contributed by atoms with E-state index in [1.807, 2.05) is 66.8 Å². The number of carbonyl (C=O) groups is 1. The molecule has 0 unspecified atom stereocenters. The van der Waals surface area contributed by atoms with E-state index in [0.29, 0.717) is 5.71 Å². The van der Waals surface area contributed by atoms with Crippen molar-refractivity contribution < 1.29 is 4.79 Å². The first kappa shape index (κ1) is 16.9. The van der Waals surface area contributed by atoms with Crippen LogP contribution in [0.5, 0.6) is 0 Å². The van der Waals surface area contributed by atoms with Crippen LogP contribution >= 0.6 is 0 Å². The molecule has 2 aromatic heterocycles. The Morgan fingerprint density at radius 3 is 2.55 bits per heavy atom. The van der Waals surface area contributed by atoms with Crippen molar-refractivity contribution in [1.29, 1.82) is 0 Å². The lowest BCUT2D eigenvalue weighted by molar-refractivity contribution is -0.113. The lowest BCUT2D eigenvalue weighted by Gasteiger charge is -2.02.